The van der Waals surface area contributed by atoms with Crippen molar-refractivity contribution in [1.29, 1.82) is 0 Å². The molecule has 86 valence electrons. The summed E-state index contributed by atoms with van der Waals surface area (Å²) in [5.74, 6) is -2.10. The van der Waals surface area contributed by atoms with E-state index in [2.05, 4.69) is 4.98 Å². The van der Waals surface area contributed by atoms with Crippen molar-refractivity contribution >= 4 is 36.6 Å². The van der Waals surface area contributed by atoms with Crippen molar-refractivity contribution in [2.75, 3.05) is 5.73 Å². The number of nitrogen functional groups attached to an aromatic ring is 1. The number of anilines is 1. The Bertz CT molecular complexity index is 347. The lowest BCUT2D eigenvalue weighted by Crippen LogP contribution is -2.08. The maximum absolute atomic E-state index is 10.6. The van der Waals surface area contributed by atoms with Crippen LogP contribution in [0.1, 0.15) is 18.4 Å². The average Bonchev–Trinajstić information content (AvgIpc) is 2.08. The Morgan fingerprint density at radius 3 is 2.53 bits per heavy atom. The molecule has 1 heterocycles. The molecule has 1 unspecified atom stereocenters. The van der Waals surface area contributed by atoms with Gasteiger partial charge in [-0.05, 0) is 13.0 Å². The van der Waals surface area contributed by atoms with E-state index in [1.54, 1.807) is 0 Å². The fourth-order valence-electron chi connectivity index (χ4n) is 0.968. The van der Waals surface area contributed by atoms with Crippen LogP contribution in [0, 0.1) is 0 Å². The summed E-state index contributed by atoms with van der Waals surface area (Å²) in [7, 11) is 0. The zero-order valence-corrected chi connectivity index (χ0v) is 9.51. The van der Waals surface area contributed by atoms with Crippen molar-refractivity contribution in [3.8, 4) is 5.75 Å². The number of pyridine rings is 1. The third kappa shape index (κ3) is 3.45. The van der Waals surface area contributed by atoms with Gasteiger partial charge in [0.2, 0.25) is 0 Å². The molecule has 0 aliphatic rings. The van der Waals surface area contributed by atoms with Gasteiger partial charge in [-0.25, -0.2) is 4.98 Å². The number of halogens is 2. The number of hydrogen-bond acceptors (Lipinski definition) is 4. The summed E-state index contributed by atoms with van der Waals surface area (Å²) in [6.07, 6.45) is 1.36. The van der Waals surface area contributed by atoms with Crippen molar-refractivity contribution in [3.63, 3.8) is 0 Å². The highest BCUT2D eigenvalue weighted by Gasteiger charge is 2.18. The van der Waals surface area contributed by atoms with Gasteiger partial charge in [-0.3, -0.25) is 4.79 Å². The summed E-state index contributed by atoms with van der Waals surface area (Å²) in [6.45, 7) is 1.47. The van der Waals surface area contributed by atoms with E-state index < -0.39 is 11.9 Å². The van der Waals surface area contributed by atoms with Crippen LogP contribution in [0.25, 0.3) is 0 Å². The van der Waals surface area contributed by atoms with Gasteiger partial charge in [0.25, 0.3) is 0 Å². The molecule has 0 bridgehead atoms. The molecule has 1 aromatic heterocycles. The van der Waals surface area contributed by atoms with Gasteiger partial charge in [0.05, 0.1) is 5.92 Å². The molecular formula is C8H12Cl2N2O3. The van der Waals surface area contributed by atoms with Gasteiger partial charge in [0, 0.05) is 11.8 Å². The summed E-state index contributed by atoms with van der Waals surface area (Å²) >= 11 is 0. The summed E-state index contributed by atoms with van der Waals surface area (Å²) < 4.78 is 0. The zero-order chi connectivity index (χ0) is 10.0. The highest BCUT2D eigenvalue weighted by Crippen LogP contribution is 2.28. The van der Waals surface area contributed by atoms with Crippen LogP contribution < -0.4 is 5.73 Å². The fourth-order valence-corrected chi connectivity index (χ4v) is 0.968. The maximum atomic E-state index is 10.6. The van der Waals surface area contributed by atoms with Gasteiger partial charge < -0.3 is 15.9 Å². The molecule has 0 saturated heterocycles. The first kappa shape index (κ1) is 16.2. The number of carboxylic acid groups (broad SMARTS) is 1. The van der Waals surface area contributed by atoms with E-state index in [0.29, 0.717) is 0 Å². The van der Waals surface area contributed by atoms with Crippen LogP contribution in [0.5, 0.6) is 5.75 Å². The SMILES string of the molecule is CC(C(=O)O)c1ccnc(N)c1O.Cl.Cl. The van der Waals surface area contributed by atoms with Crippen molar-refractivity contribution in [2.45, 2.75) is 12.8 Å². The molecule has 0 aliphatic heterocycles. The van der Waals surface area contributed by atoms with Crippen molar-refractivity contribution in [2.24, 2.45) is 0 Å². The number of rotatable bonds is 2. The normalized spacial score (nSPS) is 10.7. The molecule has 15 heavy (non-hydrogen) atoms. The van der Waals surface area contributed by atoms with Crippen LogP contribution in [0.3, 0.4) is 0 Å². The summed E-state index contributed by atoms with van der Waals surface area (Å²) in [4.78, 5) is 14.2. The standard InChI is InChI=1S/C8H10N2O3.2ClH/c1-4(8(12)13)5-2-3-10-7(9)6(5)11;;/h2-4,11H,1H3,(H2,9,10)(H,12,13);2*1H. The molecule has 7 heteroatoms. The van der Waals surface area contributed by atoms with E-state index in [9.17, 15) is 9.90 Å². The van der Waals surface area contributed by atoms with Crippen LogP contribution in [-0.4, -0.2) is 21.2 Å². The minimum atomic E-state index is -1.01. The quantitative estimate of drug-likeness (QED) is 0.742. The van der Waals surface area contributed by atoms with E-state index in [-0.39, 0.29) is 41.9 Å². The number of hydrogen-bond donors (Lipinski definition) is 3. The molecule has 0 spiro atoms. The van der Waals surface area contributed by atoms with Crippen LogP contribution >= 0.6 is 24.8 Å². The fraction of sp³-hybridized carbons (Fsp3) is 0.250. The minimum Gasteiger partial charge on any atom is -0.504 e. The average molecular weight is 255 g/mol. The predicted octanol–water partition coefficient (Wildman–Crippen LogP) is 1.40. The topological polar surface area (TPSA) is 96.4 Å². The smallest absolute Gasteiger partial charge is 0.310 e. The second-order valence-corrected chi connectivity index (χ2v) is 2.69. The van der Waals surface area contributed by atoms with E-state index in [0.717, 1.165) is 0 Å². The second kappa shape index (κ2) is 6.31. The van der Waals surface area contributed by atoms with Gasteiger partial charge in [0.15, 0.2) is 11.6 Å². The molecule has 1 rings (SSSR count). The van der Waals surface area contributed by atoms with Crippen LogP contribution in [0.2, 0.25) is 0 Å². The molecule has 0 saturated carbocycles. The predicted molar refractivity (Wildman–Crippen MR) is 60.9 cm³/mol. The van der Waals surface area contributed by atoms with Gasteiger partial charge >= 0.3 is 5.97 Å². The molecule has 0 aliphatic carbocycles. The first-order valence-corrected chi connectivity index (χ1v) is 3.70. The number of carboxylic acids is 1. The maximum Gasteiger partial charge on any atom is 0.310 e. The van der Waals surface area contributed by atoms with Crippen molar-refractivity contribution in [1.82, 2.24) is 4.98 Å². The molecule has 1 atom stereocenters. The van der Waals surface area contributed by atoms with Crippen LogP contribution in [-0.2, 0) is 4.79 Å². The van der Waals surface area contributed by atoms with Gasteiger partial charge in [-0.15, -0.1) is 24.8 Å². The van der Waals surface area contributed by atoms with E-state index in [1.165, 1.54) is 19.2 Å². The zero-order valence-electron chi connectivity index (χ0n) is 7.88. The number of aromatic hydroxyl groups is 1. The van der Waals surface area contributed by atoms with Crippen LogP contribution in [0.4, 0.5) is 5.82 Å². The number of carbonyl (C=O) groups is 1. The summed E-state index contributed by atoms with van der Waals surface area (Å²) in [5.41, 5.74) is 5.58. The highest BCUT2D eigenvalue weighted by atomic mass is 35.5. The molecule has 0 amide bonds. The number of nitrogens with zero attached hydrogens (tertiary/aromatic N) is 1. The van der Waals surface area contributed by atoms with Crippen molar-refractivity contribution in [3.05, 3.63) is 17.8 Å². The Kier molecular flexibility index (Phi) is 6.84. The molecule has 0 fully saturated rings. The lowest BCUT2D eigenvalue weighted by Gasteiger charge is -2.09. The number of aromatic nitrogens is 1. The second-order valence-electron chi connectivity index (χ2n) is 2.69. The Hall–Kier alpha value is -1.20. The van der Waals surface area contributed by atoms with Gasteiger partial charge in [0.1, 0.15) is 0 Å². The minimum absolute atomic E-state index is 0. The number of aliphatic carboxylic acids is 1. The molecule has 0 radical (unpaired) electrons. The monoisotopic (exact) mass is 254 g/mol. The van der Waals surface area contributed by atoms with Crippen molar-refractivity contribution < 1.29 is 15.0 Å². The van der Waals surface area contributed by atoms with Gasteiger partial charge in [-0.2, -0.15) is 0 Å². The largest absolute Gasteiger partial charge is 0.504 e. The summed E-state index contributed by atoms with van der Waals surface area (Å²) in [6, 6.07) is 1.44. The first-order chi connectivity index (χ1) is 6.04. The van der Waals surface area contributed by atoms with Gasteiger partial charge in [-0.1, -0.05) is 0 Å². The molecule has 5 nitrogen and oxygen atoms in total. The van der Waals surface area contributed by atoms with E-state index in [4.69, 9.17) is 10.8 Å². The Labute approximate surface area is 99.1 Å². The summed E-state index contributed by atoms with van der Waals surface area (Å²) in [5, 5.41) is 18.0. The molecule has 0 aromatic carbocycles. The third-order valence-corrected chi connectivity index (χ3v) is 1.82. The third-order valence-electron chi connectivity index (χ3n) is 1.82. The number of nitrogens with two attached hydrogens (primary N) is 1. The highest BCUT2D eigenvalue weighted by molar-refractivity contribution is 5.85. The Balaban J connectivity index is 0. The Morgan fingerprint density at radius 2 is 2.07 bits per heavy atom. The Morgan fingerprint density at radius 1 is 1.53 bits per heavy atom. The lowest BCUT2D eigenvalue weighted by molar-refractivity contribution is -0.138. The lowest BCUT2D eigenvalue weighted by atomic mass is 10.0. The molecule has 4 N–H and O–H groups in total. The van der Waals surface area contributed by atoms with E-state index in [1.807, 2.05) is 0 Å². The molecule has 1 aromatic rings. The first-order valence-electron chi connectivity index (χ1n) is 3.70. The van der Waals surface area contributed by atoms with Crippen LogP contribution in [0.15, 0.2) is 12.3 Å². The van der Waals surface area contributed by atoms with E-state index >= 15 is 0 Å². The molecular weight excluding hydrogens is 243 g/mol.